The number of para-hydroxylation sites is 1. The fourth-order valence-electron chi connectivity index (χ4n) is 2.94. The molecule has 0 spiro atoms. The number of ether oxygens (including phenoxy) is 1. The van der Waals surface area contributed by atoms with E-state index in [4.69, 9.17) is 13.6 Å². The van der Waals surface area contributed by atoms with E-state index in [0.717, 1.165) is 40.3 Å². The summed E-state index contributed by atoms with van der Waals surface area (Å²) in [7, 11) is 4.04. The van der Waals surface area contributed by atoms with E-state index in [9.17, 15) is 0 Å². The first-order valence-electron chi connectivity index (χ1n) is 9.43. The summed E-state index contributed by atoms with van der Waals surface area (Å²) in [5.74, 6) is 4.47. The molecule has 6 nitrogen and oxygen atoms in total. The number of rotatable bonds is 9. The Balaban J connectivity index is 1.32. The van der Waals surface area contributed by atoms with Crippen LogP contribution in [0.15, 0.2) is 63.4 Å². The van der Waals surface area contributed by atoms with Crippen molar-refractivity contribution in [3.05, 3.63) is 66.2 Å². The molecule has 150 valence electrons. The Morgan fingerprint density at radius 1 is 1.00 bits per heavy atom. The van der Waals surface area contributed by atoms with Crippen LogP contribution in [0.25, 0.3) is 22.4 Å². The number of aromatic nitrogens is 2. The normalized spacial score (nSPS) is 11.4. The molecule has 7 heteroatoms. The summed E-state index contributed by atoms with van der Waals surface area (Å²) in [6.07, 6.45) is 0. The molecule has 2 aromatic carbocycles. The zero-order chi connectivity index (χ0) is 20.1. The molecule has 0 fully saturated rings. The van der Waals surface area contributed by atoms with Gasteiger partial charge in [0, 0.05) is 16.7 Å². The van der Waals surface area contributed by atoms with Crippen LogP contribution >= 0.6 is 11.8 Å². The van der Waals surface area contributed by atoms with Gasteiger partial charge in [-0.1, -0.05) is 18.2 Å². The van der Waals surface area contributed by atoms with Crippen LogP contribution in [-0.4, -0.2) is 41.6 Å². The molecule has 0 saturated carbocycles. The zero-order valence-corrected chi connectivity index (χ0v) is 17.3. The maximum Gasteiger partial charge on any atom is 0.247 e. The van der Waals surface area contributed by atoms with Gasteiger partial charge in [-0.3, -0.25) is 0 Å². The van der Waals surface area contributed by atoms with Gasteiger partial charge >= 0.3 is 0 Å². The number of nitrogens with zero attached hydrogens (tertiary/aromatic N) is 3. The first-order chi connectivity index (χ1) is 14.2. The Kier molecular flexibility index (Phi) is 6.17. The summed E-state index contributed by atoms with van der Waals surface area (Å²) in [5.41, 5.74) is 1.75. The van der Waals surface area contributed by atoms with E-state index >= 15 is 0 Å². The molecule has 29 heavy (non-hydrogen) atoms. The van der Waals surface area contributed by atoms with E-state index in [-0.39, 0.29) is 0 Å². The number of fused-ring (bicyclic) bond motifs is 1. The Labute approximate surface area is 173 Å². The number of benzene rings is 2. The molecule has 2 heterocycles. The van der Waals surface area contributed by atoms with Gasteiger partial charge in [-0.15, -0.1) is 22.0 Å². The number of hydrogen-bond acceptors (Lipinski definition) is 7. The summed E-state index contributed by atoms with van der Waals surface area (Å²) in [6, 6.07) is 17.8. The van der Waals surface area contributed by atoms with Gasteiger partial charge in [-0.25, -0.2) is 0 Å². The second kappa shape index (κ2) is 9.15. The fraction of sp³-hybridized carbons (Fsp3) is 0.273. The minimum Gasteiger partial charge on any atom is -0.493 e. The molecule has 0 aliphatic heterocycles. The average molecular weight is 410 g/mol. The van der Waals surface area contributed by atoms with Crippen LogP contribution in [0, 0.1) is 0 Å². The van der Waals surface area contributed by atoms with Crippen molar-refractivity contribution < 1.29 is 13.6 Å². The quantitative estimate of drug-likeness (QED) is 0.366. The first-order valence-corrected chi connectivity index (χ1v) is 10.6. The summed E-state index contributed by atoms with van der Waals surface area (Å²) in [4.78, 5) is 2.07. The molecule has 0 aliphatic carbocycles. The zero-order valence-electron chi connectivity index (χ0n) is 16.5. The third kappa shape index (κ3) is 5.19. The molecule has 0 radical (unpaired) electrons. The van der Waals surface area contributed by atoms with E-state index in [1.54, 1.807) is 11.8 Å². The predicted molar refractivity (Wildman–Crippen MR) is 115 cm³/mol. The molecule has 0 N–H and O–H groups in total. The van der Waals surface area contributed by atoms with Crippen LogP contribution in [0.5, 0.6) is 5.75 Å². The second-order valence-corrected chi connectivity index (χ2v) is 8.02. The molecule has 2 aromatic heterocycles. The SMILES string of the molecule is CN(C)Cc1cc2cc(-c3nnc(CSCCOc4ccccc4)o3)ccc2o1. The average Bonchev–Trinajstić information content (AvgIpc) is 3.33. The van der Waals surface area contributed by atoms with Crippen molar-refractivity contribution in [2.75, 3.05) is 26.5 Å². The molecule has 0 bridgehead atoms. The maximum atomic E-state index is 5.86. The molecule has 4 rings (SSSR count). The monoisotopic (exact) mass is 409 g/mol. The highest BCUT2D eigenvalue weighted by Gasteiger charge is 2.11. The van der Waals surface area contributed by atoms with Crippen LogP contribution in [0.1, 0.15) is 11.7 Å². The van der Waals surface area contributed by atoms with Gasteiger partial charge < -0.3 is 18.5 Å². The lowest BCUT2D eigenvalue weighted by Gasteiger charge is -2.04. The smallest absolute Gasteiger partial charge is 0.247 e. The molecule has 4 aromatic rings. The van der Waals surface area contributed by atoms with E-state index in [1.807, 2.05) is 62.6 Å². The Hall–Kier alpha value is -2.77. The minimum absolute atomic E-state index is 0.526. The summed E-state index contributed by atoms with van der Waals surface area (Å²) in [5, 5.41) is 9.39. The van der Waals surface area contributed by atoms with Crippen molar-refractivity contribution in [2.24, 2.45) is 0 Å². The molecular weight excluding hydrogens is 386 g/mol. The molecule has 0 aliphatic rings. The highest BCUT2D eigenvalue weighted by Crippen LogP contribution is 2.27. The van der Waals surface area contributed by atoms with Crippen LogP contribution in [-0.2, 0) is 12.3 Å². The fourth-order valence-corrected chi connectivity index (χ4v) is 3.58. The van der Waals surface area contributed by atoms with Gasteiger partial charge in [0.1, 0.15) is 17.1 Å². The van der Waals surface area contributed by atoms with E-state index in [1.165, 1.54) is 0 Å². The Morgan fingerprint density at radius 3 is 2.69 bits per heavy atom. The van der Waals surface area contributed by atoms with Crippen LogP contribution in [0.2, 0.25) is 0 Å². The van der Waals surface area contributed by atoms with Crippen molar-refractivity contribution in [3.8, 4) is 17.2 Å². The number of thioether (sulfide) groups is 1. The number of furan rings is 1. The molecule has 0 unspecified atom stereocenters. The molecule has 0 atom stereocenters. The highest BCUT2D eigenvalue weighted by molar-refractivity contribution is 7.98. The minimum atomic E-state index is 0.526. The van der Waals surface area contributed by atoms with Crippen LogP contribution < -0.4 is 4.74 Å². The summed E-state index contributed by atoms with van der Waals surface area (Å²) >= 11 is 1.70. The first kappa shape index (κ1) is 19.5. The third-order valence-corrected chi connectivity index (χ3v) is 5.12. The van der Waals surface area contributed by atoms with E-state index in [2.05, 4.69) is 21.2 Å². The Morgan fingerprint density at radius 2 is 1.86 bits per heavy atom. The lowest BCUT2D eigenvalue weighted by molar-refractivity contribution is 0.344. The lowest BCUT2D eigenvalue weighted by atomic mass is 10.1. The van der Waals surface area contributed by atoms with E-state index < -0.39 is 0 Å². The second-order valence-electron chi connectivity index (χ2n) is 6.92. The third-order valence-electron chi connectivity index (χ3n) is 4.22. The standard InChI is InChI=1S/C22H23N3O3S/c1-25(2)14-19-13-17-12-16(8-9-20(17)27-19)22-24-23-21(28-22)15-29-11-10-26-18-6-4-3-5-7-18/h3-9,12-13H,10-11,14-15H2,1-2H3. The lowest BCUT2D eigenvalue weighted by Crippen LogP contribution is -2.09. The van der Waals surface area contributed by atoms with Gasteiger partial charge in [0.2, 0.25) is 11.8 Å². The van der Waals surface area contributed by atoms with Crippen molar-refractivity contribution >= 4 is 22.7 Å². The van der Waals surface area contributed by atoms with Gasteiger partial charge in [-0.05, 0) is 50.5 Å². The number of hydrogen-bond donors (Lipinski definition) is 0. The van der Waals surface area contributed by atoms with Crippen molar-refractivity contribution in [2.45, 2.75) is 12.3 Å². The van der Waals surface area contributed by atoms with Crippen molar-refractivity contribution in [3.63, 3.8) is 0 Å². The van der Waals surface area contributed by atoms with Crippen molar-refractivity contribution in [1.82, 2.24) is 15.1 Å². The van der Waals surface area contributed by atoms with E-state index in [0.29, 0.717) is 24.1 Å². The van der Waals surface area contributed by atoms with Gasteiger partial charge in [0.05, 0.1) is 18.9 Å². The van der Waals surface area contributed by atoms with Gasteiger partial charge in [0.15, 0.2) is 0 Å². The highest BCUT2D eigenvalue weighted by atomic mass is 32.2. The predicted octanol–water partition coefficient (Wildman–Crippen LogP) is 4.86. The largest absolute Gasteiger partial charge is 0.493 e. The topological polar surface area (TPSA) is 64.5 Å². The molecule has 0 saturated heterocycles. The van der Waals surface area contributed by atoms with Crippen LogP contribution in [0.4, 0.5) is 0 Å². The van der Waals surface area contributed by atoms with Crippen molar-refractivity contribution in [1.29, 1.82) is 0 Å². The molecular formula is C22H23N3O3S. The Bertz CT molecular complexity index is 1060. The van der Waals surface area contributed by atoms with Crippen LogP contribution in [0.3, 0.4) is 0 Å². The van der Waals surface area contributed by atoms with Gasteiger partial charge in [-0.2, -0.15) is 0 Å². The molecule has 0 amide bonds. The summed E-state index contributed by atoms with van der Waals surface area (Å²) < 4.78 is 17.4. The summed E-state index contributed by atoms with van der Waals surface area (Å²) in [6.45, 7) is 1.40. The maximum absolute atomic E-state index is 5.86. The van der Waals surface area contributed by atoms with Gasteiger partial charge in [0.25, 0.3) is 0 Å².